The first-order chi connectivity index (χ1) is 6.23. The van der Waals surface area contributed by atoms with Crippen molar-refractivity contribution >= 4 is 0 Å². The molecule has 0 spiro atoms. The van der Waals surface area contributed by atoms with Gasteiger partial charge in [-0.3, -0.25) is 0 Å². The third-order valence-electron chi connectivity index (χ3n) is 2.07. The van der Waals surface area contributed by atoms with Gasteiger partial charge in [0.2, 0.25) is 0 Å². The number of benzene rings is 1. The summed E-state index contributed by atoms with van der Waals surface area (Å²) < 4.78 is 11.0. The molecule has 70 valence electrons. The van der Waals surface area contributed by atoms with E-state index in [9.17, 15) is 0 Å². The lowest BCUT2D eigenvalue weighted by Crippen LogP contribution is -2.45. The molecule has 0 aliphatic carbocycles. The van der Waals surface area contributed by atoms with Crippen LogP contribution in [0.1, 0.15) is 6.92 Å². The van der Waals surface area contributed by atoms with Crippen molar-refractivity contribution in [3.05, 3.63) is 24.3 Å². The zero-order valence-electron chi connectivity index (χ0n) is 7.49. The molecule has 1 aromatic rings. The summed E-state index contributed by atoms with van der Waals surface area (Å²) in [5.41, 5.74) is -0.603. The fourth-order valence-electron chi connectivity index (χ4n) is 1.26. The molecule has 1 heterocycles. The number of hydrogen-bond acceptors (Lipinski definition) is 3. The summed E-state index contributed by atoms with van der Waals surface area (Å²) in [5, 5.41) is 9.07. The predicted octanol–water partition coefficient (Wildman–Crippen LogP) is 1.21. The van der Waals surface area contributed by atoms with E-state index < -0.39 is 5.60 Å². The monoisotopic (exact) mass is 180 g/mol. The minimum Gasteiger partial charge on any atom is -0.485 e. The Morgan fingerprint density at radius 1 is 1.38 bits per heavy atom. The van der Waals surface area contributed by atoms with Gasteiger partial charge in [0.05, 0.1) is 6.61 Å². The highest BCUT2D eigenvalue weighted by molar-refractivity contribution is 5.41. The van der Waals surface area contributed by atoms with Crippen LogP contribution in [0.3, 0.4) is 0 Å². The van der Waals surface area contributed by atoms with Crippen molar-refractivity contribution in [3.8, 4) is 11.5 Å². The second kappa shape index (κ2) is 2.92. The fraction of sp³-hybridized carbons (Fsp3) is 0.400. The van der Waals surface area contributed by atoms with Gasteiger partial charge in [-0.15, -0.1) is 0 Å². The minimum absolute atomic E-state index is 0.0403. The first-order valence-corrected chi connectivity index (χ1v) is 4.25. The number of aliphatic hydroxyl groups is 1. The smallest absolute Gasteiger partial charge is 0.163 e. The largest absolute Gasteiger partial charge is 0.485 e. The molecule has 0 radical (unpaired) electrons. The maximum Gasteiger partial charge on any atom is 0.163 e. The number of rotatable bonds is 1. The summed E-state index contributed by atoms with van der Waals surface area (Å²) in [4.78, 5) is 0. The number of aliphatic hydroxyl groups excluding tert-OH is 1. The van der Waals surface area contributed by atoms with Crippen molar-refractivity contribution in [3.63, 3.8) is 0 Å². The fourth-order valence-corrected chi connectivity index (χ4v) is 1.26. The van der Waals surface area contributed by atoms with Crippen LogP contribution in [0.15, 0.2) is 24.3 Å². The topological polar surface area (TPSA) is 38.7 Å². The van der Waals surface area contributed by atoms with Crippen molar-refractivity contribution in [2.75, 3.05) is 13.2 Å². The van der Waals surface area contributed by atoms with Gasteiger partial charge in [0.15, 0.2) is 17.1 Å². The molecule has 0 unspecified atom stereocenters. The zero-order chi connectivity index (χ0) is 9.31. The van der Waals surface area contributed by atoms with Crippen LogP contribution in [0.5, 0.6) is 11.5 Å². The maximum atomic E-state index is 9.07. The highest BCUT2D eigenvalue weighted by Gasteiger charge is 2.31. The highest BCUT2D eigenvalue weighted by atomic mass is 16.6. The van der Waals surface area contributed by atoms with Gasteiger partial charge >= 0.3 is 0 Å². The van der Waals surface area contributed by atoms with E-state index in [4.69, 9.17) is 14.6 Å². The van der Waals surface area contributed by atoms with Gasteiger partial charge in [-0.05, 0) is 19.1 Å². The molecule has 1 aliphatic heterocycles. The predicted molar refractivity (Wildman–Crippen MR) is 48.1 cm³/mol. The Labute approximate surface area is 76.9 Å². The van der Waals surface area contributed by atoms with Crippen LogP contribution < -0.4 is 9.47 Å². The van der Waals surface area contributed by atoms with E-state index in [1.807, 2.05) is 31.2 Å². The summed E-state index contributed by atoms with van der Waals surface area (Å²) in [6.07, 6.45) is 0. The lowest BCUT2D eigenvalue weighted by Gasteiger charge is -2.33. The number of ether oxygens (including phenoxy) is 2. The van der Waals surface area contributed by atoms with Crippen LogP contribution >= 0.6 is 0 Å². The van der Waals surface area contributed by atoms with Crippen molar-refractivity contribution in [1.82, 2.24) is 0 Å². The van der Waals surface area contributed by atoms with E-state index in [2.05, 4.69) is 0 Å². The van der Waals surface area contributed by atoms with Crippen LogP contribution in [-0.2, 0) is 0 Å². The summed E-state index contributed by atoms with van der Waals surface area (Å²) in [5.74, 6) is 1.44. The number of hydrogen-bond donors (Lipinski definition) is 1. The summed E-state index contributed by atoms with van der Waals surface area (Å²) in [6.45, 7) is 2.17. The van der Waals surface area contributed by atoms with Crippen molar-refractivity contribution < 1.29 is 14.6 Å². The van der Waals surface area contributed by atoms with Gasteiger partial charge < -0.3 is 14.6 Å². The molecule has 1 aliphatic rings. The van der Waals surface area contributed by atoms with E-state index in [-0.39, 0.29) is 6.61 Å². The molecule has 0 fully saturated rings. The lowest BCUT2D eigenvalue weighted by atomic mass is 10.1. The Morgan fingerprint density at radius 3 is 2.77 bits per heavy atom. The number of para-hydroxylation sites is 2. The van der Waals surface area contributed by atoms with E-state index in [0.29, 0.717) is 12.4 Å². The molecule has 13 heavy (non-hydrogen) atoms. The van der Waals surface area contributed by atoms with Crippen LogP contribution in [0.4, 0.5) is 0 Å². The Morgan fingerprint density at radius 2 is 2.08 bits per heavy atom. The molecule has 1 N–H and O–H groups in total. The van der Waals surface area contributed by atoms with Gasteiger partial charge in [-0.25, -0.2) is 0 Å². The quantitative estimate of drug-likeness (QED) is 0.706. The lowest BCUT2D eigenvalue weighted by molar-refractivity contribution is -0.0336. The van der Waals surface area contributed by atoms with Crippen LogP contribution in [0, 0.1) is 0 Å². The molecule has 0 amide bonds. The molecule has 3 nitrogen and oxygen atoms in total. The van der Waals surface area contributed by atoms with Gasteiger partial charge in [-0.2, -0.15) is 0 Å². The molecular formula is C10H12O3. The third-order valence-corrected chi connectivity index (χ3v) is 2.07. The normalized spacial score (nSPS) is 25.7. The van der Waals surface area contributed by atoms with Crippen molar-refractivity contribution in [2.45, 2.75) is 12.5 Å². The average molecular weight is 180 g/mol. The summed E-state index contributed by atoms with van der Waals surface area (Å²) in [6, 6.07) is 7.46. The second-order valence-corrected chi connectivity index (χ2v) is 3.45. The summed E-state index contributed by atoms with van der Waals surface area (Å²) >= 11 is 0. The second-order valence-electron chi connectivity index (χ2n) is 3.45. The minimum atomic E-state index is -0.603. The SMILES string of the molecule is C[C@]1(CO)COc2ccccc2O1. The van der Waals surface area contributed by atoms with Gasteiger partial charge in [0, 0.05) is 0 Å². The molecule has 0 bridgehead atoms. The molecular weight excluding hydrogens is 168 g/mol. The Kier molecular flexibility index (Phi) is 1.88. The highest BCUT2D eigenvalue weighted by Crippen LogP contribution is 2.34. The van der Waals surface area contributed by atoms with Gasteiger partial charge in [0.25, 0.3) is 0 Å². The van der Waals surface area contributed by atoms with Gasteiger partial charge in [0.1, 0.15) is 6.61 Å². The Balaban J connectivity index is 2.29. The zero-order valence-corrected chi connectivity index (χ0v) is 7.49. The van der Waals surface area contributed by atoms with E-state index in [1.54, 1.807) is 0 Å². The standard InChI is InChI=1S/C10H12O3/c1-10(6-11)7-12-8-4-2-3-5-9(8)13-10/h2-5,11H,6-7H2,1H3/t10-/m0/s1. The molecule has 2 rings (SSSR count). The molecule has 3 heteroatoms. The van der Waals surface area contributed by atoms with E-state index in [0.717, 1.165) is 5.75 Å². The Bertz CT molecular complexity index is 311. The van der Waals surface area contributed by atoms with Crippen molar-refractivity contribution in [1.29, 1.82) is 0 Å². The molecule has 0 aromatic heterocycles. The molecule has 0 saturated heterocycles. The van der Waals surface area contributed by atoms with Crippen LogP contribution in [0.2, 0.25) is 0 Å². The van der Waals surface area contributed by atoms with Crippen molar-refractivity contribution in [2.24, 2.45) is 0 Å². The third kappa shape index (κ3) is 1.47. The Hall–Kier alpha value is -1.22. The first-order valence-electron chi connectivity index (χ1n) is 4.25. The van der Waals surface area contributed by atoms with Crippen LogP contribution in [-0.4, -0.2) is 23.9 Å². The van der Waals surface area contributed by atoms with Gasteiger partial charge in [-0.1, -0.05) is 12.1 Å². The maximum absolute atomic E-state index is 9.07. The first kappa shape index (κ1) is 8.38. The van der Waals surface area contributed by atoms with Crippen LogP contribution in [0.25, 0.3) is 0 Å². The number of fused-ring (bicyclic) bond motifs is 1. The van der Waals surface area contributed by atoms with E-state index >= 15 is 0 Å². The average Bonchev–Trinajstić information content (AvgIpc) is 2.18. The summed E-state index contributed by atoms with van der Waals surface area (Å²) in [7, 11) is 0. The molecule has 0 saturated carbocycles. The van der Waals surface area contributed by atoms with E-state index in [1.165, 1.54) is 0 Å². The molecule has 1 aromatic carbocycles. The molecule has 1 atom stereocenters.